The maximum absolute atomic E-state index is 12.7. The van der Waals surface area contributed by atoms with E-state index in [0.29, 0.717) is 36.0 Å². The first kappa shape index (κ1) is 20.5. The molecule has 4 rings (SSSR count). The Morgan fingerprint density at radius 2 is 1.90 bits per heavy atom. The second-order valence-corrected chi connectivity index (χ2v) is 7.90. The highest BCUT2D eigenvalue weighted by Gasteiger charge is 2.25. The van der Waals surface area contributed by atoms with Gasteiger partial charge in [0.2, 0.25) is 0 Å². The van der Waals surface area contributed by atoms with E-state index in [1.54, 1.807) is 17.0 Å². The molecule has 158 valence electrons. The van der Waals surface area contributed by atoms with Crippen molar-refractivity contribution < 1.29 is 19.2 Å². The number of fused-ring (bicyclic) bond motifs is 1. The van der Waals surface area contributed by atoms with Gasteiger partial charge >= 0.3 is 0 Å². The molecule has 2 amide bonds. The third-order valence-corrected chi connectivity index (χ3v) is 5.70. The molecule has 0 bridgehead atoms. The summed E-state index contributed by atoms with van der Waals surface area (Å²) in [5.74, 6) is -0.0577. The van der Waals surface area contributed by atoms with E-state index >= 15 is 0 Å². The number of nitrogens with zero attached hydrogens (tertiary/aromatic N) is 3. The number of amides is 2. The molecule has 1 aromatic heterocycles. The number of hydrogen-bond donors (Lipinski definition) is 1. The van der Waals surface area contributed by atoms with Crippen LogP contribution in [0.25, 0.3) is 0 Å². The number of benzene rings is 2. The average molecular weight is 438 g/mol. The first-order chi connectivity index (χ1) is 15.0. The van der Waals surface area contributed by atoms with E-state index < -0.39 is 4.92 Å². The lowest BCUT2D eigenvalue weighted by molar-refractivity contribution is -0.384. The molecule has 1 N–H and O–H groups in total. The van der Waals surface area contributed by atoms with Crippen LogP contribution in [0.5, 0.6) is 5.75 Å². The first-order valence-electron chi connectivity index (χ1n) is 9.49. The molecule has 0 aliphatic carbocycles. The van der Waals surface area contributed by atoms with E-state index in [1.807, 2.05) is 18.2 Å². The molecule has 0 fully saturated rings. The van der Waals surface area contributed by atoms with E-state index in [1.165, 1.54) is 35.6 Å². The largest absolute Gasteiger partial charge is 0.484 e. The fraction of sp³-hybridized carbons (Fsp3) is 0.190. The Hall–Kier alpha value is -3.79. The van der Waals surface area contributed by atoms with Crippen LogP contribution in [-0.2, 0) is 17.8 Å². The van der Waals surface area contributed by atoms with Gasteiger partial charge in [0.25, 0.3) is 17.5 Å². The van der Waals surface area contributed by atoms with Crippen molar-refractivity contribution in [2.75, 3.05) is 18.5 Å². The Labute approximate surface area is 181 Å². The number of non-ortho nitro benzene ring substituents is 1. The molecule has 2 aromatic carbocycles. The number of thiazole rings is 1. The van der Waals surface area contributed by atoms with Crippen LogP contribution in [0.1, 0.15) is 20.9 Å². The molecule has 9 nitrogen and oxygen atoms in total. The number of ether oxygens (including phenoxy) is 1. The number of nitrogens with one attached hydrogen (secondary N) is 1. The van der Waals surface area contributed by atoms with Crippen molar-refractivity contribution in [3.8, 4) is 5.75 Å². The zero-order valence-electron chi connectivity index (χ0n) is 16.3. The number of nitro groups is 1. The highest BCUT2D eigenvalue weighted by atomic mass is 32.1. The maximum atomic E-state index is 12.7. The van der Waals surface area contributed by atoms with Crippen molar-refractivity contribution in [1.29, 1.82) is 0 Å². The minimum absolute atomic E-state index is 0.0262. The molecule has 10 heteroatoms. The van der Waals surface area contributed by atoms with Crippen molar-refractivity contribution in [2.45, 2.75) is 13.0 Å². The molecule has 0 radical (unpaired) electrons. The molecule has 0 saturated heterocycles. The van der Waals surface area contributed by atoms with Crippen LogP contribution < -0.4 is 10.1 Å². The van der Waals surface area contributed by atoms with Crippen LogP contribution in [0, 0.1) is 10.1 Å². The Morgan fingerprint density at radius 3 is 2.61 bits per heavy atom. The van der Waals surface area contributed by atoms with Gasteiger partial charge in [-0.1, -0.05) is 29.5 Å². The third-order valence-electron chi connectivity index (χ3n) is 4.70. The summed E-state index contributed by atoms with van der Waals surface area (Å²) >= 11 is 1.34. The number of hydrogen-bond acceptors (Lipinski definition) is 7. The van der Waals surface area contributed by atoms with Crippen molar-refractivity contribution in [3.63, 3.8) is 0 Å². The van der Waals surface area contributed by atoms with Crippen LogP contribution in [-0.4, -0.2) is 39.8 Å². The normalized spacial score (nSPS) is 12.7. The van der Waals surface area contributed by atoms with E-state index in [-0.39, 0.29) is 24.1 Å². The van der Waals surface area contributed by atoms with Crippen LogP contribution in [0.3, 0.4) is 0 Å². The van der Waals surface area contributed by atoms with Gasteiger partial charge in [-0.3, -0.25) is 25.0 Å². The topological polar surface area (TPSA) is 115 Å². The van der Waals surface area contributed by atoms with Crippen molar-refractivity contribution in [3.05, 3.63) is 80.8 Å². The molecular weight excluding hydrogens is 420 g/mol. The monoisotopic (exact) mass is 438 g/mol. The lowest BCUT2D eigenvalue weighted by Gasteiger charge is -2.26. The summed E-state index contributed by atoms with van der Waals surface area (Å²) in [5, 5.41) is 13.8. The summed E-state index contributed by atoms with van der Waals surface area (Å²) in [6, 6.07) is 14.6. The molecule has 0 saturated carbocycles. The fourth-order valence-corrected chi connectivity index (χ4v) is 4.19. The van der Waals surface area contributed by atoms with E-state index in [4.69, 9.17) is 4.74 Å². The van der Waals surface area contributed by atoms with Gasteiger partial charge in [0.05, 0.1) is 17.2 Å². The van der Waals surface area contributed by atoms with Crippen LogP contribution in [0.2, 0.25) is 0 Å². The van der Waals surface area contributed by atoms with E-state index in [2.05, 4.69) is 10.3 Å². The number of anilines is 1. The van der Waals surface area contributed by atoms with Gasteiger partial charge in [-0.25, -0.2) is 4.98 Å². The Bertz CT molecular complexity index is 1110. The molecule has 3 aromatic rings. The highest BCUT2D eigenvalue weighted by Crippen LogP contribution is 2.29. The van der Waals surface area contributed by atoms with Crippen LogP contribution in [0.15, 0.2) is 54.6 Å². The second-order valence-electron chi connectivity index (χ2n) is 6.82. The van der Waals surface area contributed by atoms with Crippen molar-refractivity contribution in [2.24, 2.45) is 0 Å². The van der Waals surface area contributed by atoms with Crippen molar-refractivity contribution >= 4 is 34.0 Å². The second kappa shape index (κ2) is 8.92. The molecular formula is C21H18N4O5S. The minimum Gasteiger partial charge on any atom is -0.484 e. The molecule has 0 atom stereocenters. The zero-order chi connectivity index (χ0) is 21.8. The van der Waals surface area contributed by atoms with Gasteiger partial charge in [0.15, 0.2) is 11.7 Å². The summed E-state index contributed by atoms with van der Waals surface area (Å²) in [6.45, 7) is 0.775. The first-order valence-corrected chi connectivity index (χ1v) is 10.3. The summed E-state index contributed by atoms with van der Waals surface area (Å²) < 4.78 is 5.36. The zero-order valence-corrected chi connectivity index (χ0v) is 17.1. The minimum atomic E-state index is -0.505. The third kappa shape index (κ3) is 4.86. The predicted octanol–water partition coefficient (Wildman–Crippen LogP) is 3.27. The number of nitro benzene ring substituents is 1. The Morgan fingerprint density at radius 1 is 1.16 bits per heavy atom. The van der Waals surface area contributed by atoms with E-state index in [9.17, 15) is 19.7 Å². The maximum Gasteiger partial charge on any atom is 0.269 e. The summed E-state index contributed by atoms with van der Waals surface area (Å²) in [7, 11) is 0. The predicted molar refractivity (Wildman–Crippen MR) is 114 cm³/mol. The van der Waals surface area contributed by atoms with Crippen LogP contribution in [0.4, 0.5) is 10.8 Å². The lowest BCUT2D eigenvalue weighted by Crippen LogP contribution is -2.35. The number of aromatic nitrogens is 1. The molecule has 0 unspecified atom stereocenters. The summed E-state index contributed by atoms with van der Waals surface area (Å²) in [5.41, 5.74) is 1.48. The van der Waals surface area contributed by atoms with Crippen LogP contribution >= 0.6 is 11.3 Å². The SMILES string of the molecule is O=C(COc1ccc([N+](=O)[O-])cc1)Nc1nc2c(s1)CN(C(=O)c1ccccc1)CC2. The van der Waals surface area contributed by atoms with E-state index in [0.717, 1.165) is 10.6 Å². The molecule has 31 heavy (non-hydrogen) atoms. The van der Waals surface area contributed by atoms with Gasteiger partial charge in [0, 0.05) is 35.5 Å². The number of rotatable bonds is 6. The molecule has 1 aliphatic rings. The standard InChI is InChI=1S/C21H18N4O5S/c26-19(13-30-16-8-6-15(7-9-16)25(28)29)23-21-22-17-10-11-24(12-18(17)31-21)20(27)14-4-2-1-3-5-14/h1-9H,10-13H2,(H,22,23,26). The molecule has 2 heterocycles. The highest BCUT2D eigenvalue weighted by molar-refractivity contribution is 7.15. The van der Waals surface area contributed by atoms with Gasteiger partial charge < -0.3 is 9.64 Å². The quantitative estimate of drug-likeness (QED) is 0.467. The lowest BCUT2D eigenvalue weighted by atomic mass is 10.1. The smallest absolute Gasteiger partial charge is 0.269 e. The van der Waals surface area contributed by atoms with Crippen molar-refractivity contribution in [1.82, 2.24) is 9.88 Å². The molecule has 0 spiro atoms. The van der Waals surface area contributed by atoms with Gasteiger partial charge in [0.1, 0.15) is 5.75 Å². The summed E-state index contributed by atoms with van der Waals surface area (Å²) in [6.07, 6.45) is 0.625. The Kier molecular flexibility index (Phi) is 5.89. The number of carbonyl (C=O) groups excluding carboxylic acids is 2. The van der Waals surface area contributed by atoms with Gasteiger partial charge in [-0.2, -0.15) is 0 Å². The molecule has 1 aliphatic heterocycles. The van der Waals surface area contributed by atoms with Gasteiger partial charge in [-0.15, -0.1) is 0 Å². The Balaban J connectivity index is 1.33. The van der Waals surface area contributed by atoms with Gasteiger partial charge in [-0.05, 0) is 24.3 Å². The summed E-state index contributed by atoms with van der Waals surface area (Å²) in [4.78, 5) is 42.2. The average Bonchev–Trinajstić information content (AvgIpc) is 3.19. The fourth-order valence-electron chi connectivity index (χ4n) is 3.15. The number of carbonyl (C=O) groups is 2.